The number of ether oxygens (including phenoxy) is 1. The Morgan fingerprint density at radius 3 is 2.68 bits per heavy atom. The highest BCUT2D eigenvalue weighted by atomic mass is 16.5. The van der Waals surface area contributed by atoms with Crippen molar-refractivity contribution in [3.63, 3.8) is 0 Å². The maximum absolute atomic E-state index is 12.4. The van der Waals surface area contributed by atoms with E-state index in [1.54, 1.807) is 7.11 Å². The van der Waals surface area contributed by atoms with Gasteiger partial charge in [0.25, 0.3) is 5.89 Å². The third-order valence-corrected chi connectivity index (χ3v) is 5.60. The van der Waals surface area contributed by atoms with E-state index in [0.717, 1.165) is 50.5 Å². The molecule has 0 radical (unpaired) electrons. The topological polar surface area (TPSA) is 68.5 Å². The largest absolute Gasteiger partial charge is 0.375 e. The number of carbonyl (C=O) groups is 1. The molecule has 0 bridgehead atoms. The van der Waals surface area contributed by atoms with Gasteiger partial charge in [0, 0.05) is 32.0 Å². The summed E-state index contributed by atoms with van der Waals surface area (Å²) in [5.41, 5.74) is -0.0362. The SMILES string of the molecule is COCc1nc(C2(CC3CC3)CCN(C(=O)CCC(C)C)CC2)no1. The third kappa shape index (κ3) is 4.60. The van der Waals surface area contributed by atoms with Gasteiger partial charge in [-0.05, 0) is 37.5 Å². The molecule has 25 heavy (non-hydrogen) atoms. The lowest BCUT2D eigenvalue weighted by molar-refractivity contribution is -0.133. The normalized spacial score (nSPS) is 20.2. The first-order chi connectivity index (χ1) is 12.0. The number of likely N-dealkylation sites (tertiary alicyclic amines) is 1. The molecule has 1 aliphatic carbocycles. The Kier molecular flexibility index (Phi) is 5.77. The number of hydrogen-bond acceptors (Lipinski definition) is 5. The zero-order valence-corrected chi connectivity index (χ0v) is 15.8. The van der Waals surface area contributed by atoms with E-state index in [1.165, 1.54) is 12.8 Å². The highest BCUT2D eigenvalue weighted by Gasteiger charge is 2.44. The first-order valence-electron chi connectivity index (χ1n) is 9.62. The van der Waals surface area contributed by atoms with Gasteiger partial charge in [-0.2, -0.15) is 4.98 Å². The van der Waals surface area contributed by atoms with Crippen LogP contribution in [0.3, 0.4) is 0 Å². The van der Waals surface area contributed by atoms with Gasteiger partial charge in [0.2, 0.25) is 5.91 Å². The van der Waals surface area contributed by atoms with E-state index in [1.807, 2.05) is 4.90 Å². The predicted octanol–water partition coefficient (Wildman–Crippen LogP) is 3.31. The lowest BCUT2D eigenvalue weighted by Gasteiger charge is -2.40. The highest BCUT2D eigenvalue weighted by molar-refractivity contribution is 5.76. The van der Waals surface area contributed by atoms with E-state index in [-0.39, 0.29) is 5.41 Å². The van der Waals surface area contributed by atoms with Crippen molar-refractivity contribution < 1.29 is 14.1 Å². The number of carbonyl (C=O) groups excluding carboxylic acids is 1. The fourth-order valence-corrected chi connectivity index (χ4v) is 3.80. The van der Waals surface area contributed by atoms with Crippen LogP contribution in [0.5, 0.6) is 0 Å². The van der Waals surface area contributed by atoms with Crippen LogP contribution in [-0.2, 0) is 21.6 Å². The molecule has 2 fully saturated rings. The van der Waals surface area contributed by atoms with Gasteiger partial charge in [-0.25, -0.2) is 0 Å². The fourth-order valence-electron chi connectivity index (χ4n) is 3.80. The van der Waals surface area contributed by atoms with Crippen molar-refractivity contribution in [2.24, 2.45) is 11.8 Å². The van der Waals surface area contributed by atoms with Crippen LogP contribution in [0.1, 0.15) is 70.5 Å². The summed E-state index contributed by atoms with van der Waals surface area (Å²) in [7, 11) is 1.63. The maximum Gasteiger partial charge on any atom is 0.252 e. The molecule has 0 N–H and O–H groups in total. The first kappa shape index (κ1) is 18.4. The number of amides is 1. The Morgan fingerprint density at radius 1 is 1.36 bits per heavy atom. The minimum Gasteiger partial charge on any atom is -0.375 e. The van der Waals surface area contributed by atoms with E-state index < -0.39 is 0 Å². The Hall–Kier alpha value is -1.43. The molecule has 1 aliphatic heterocycles. The summed E-state index contributed by atoms with van der Waals surface area (Å²) in [5.74, 6) is 3.01. The molecule has 1 saturated heterocycles. The predicted molar refractivity (Wildman–Crippen MR) is 93.9 cm³/mol. The first-order valence-corrected chi connectivity index (χ1v) is 9.62. The number of methoxy groups -OCH3 is 1. The number of nitrogens with zero attached hydrogens (tertiary/aromatic N) is 3. The van der Waals surface area contributed by atoms with Crippen LogP contribution in [0.15, 0.2) is 4.52 Å². The van der Waals surface area contributed by atoms with Gasteiger partial charge in [-0.1, -0.05) is 31.8 Å². The Morgan fingerprint density at radius 2 is 2.08 bits per heavy atom. The number of piperidine rings is 1. The van der Waals surface area contributed by atoms with Crippen LogP contribution in [0.2, 0.25) is 0 Å². The van der Waals surface area contributed by atoms with Gasteiger partial charge in [0.1, 0.15) is 6.61 Å². The highest BCUT2D eigenvalue weighted by Crippen LogP contribution is 2.46. The van der Waals surface area contributed by atoms with Gasteiger partial charge in [0.05, 0.1) is 0 Å². The Balaban J connectivity index is 1.65. The van der Waals surface area contributed by atoms with Crippen molar-refractivity contribution in [1.82, 2.24) is 15.0 Å². The molecule has 0 aromatic carbocycles. The zero-order valence-electron chi connectivity index (χ0n) is 15.8. The molecule has 1 aromatic heterocycles. The Labute approximate surface area is 150 Å². The van der Waals surface area contributed by atoms with Crippen molar-refractivity contribution in [1.29, 1.82) is 0 Å². The van der Waals surface area contributed by atoms with Gasteiger partial charge in [0.15, 0.2) is 5.82 Å². The van der Waals surface area contributed by atoms with E-state index >= 15 is 0 Å². The van der Waals surface area contributed by atoms with Crippen LogP contribution in [-0.4, -0.2) is 41.1 Å². The second kappa shape index (κ2) is 7.85. The zero-order chi connectivity index (χ0) is 17.9. The van der Waals surface area contributed by atoms with E-state index in [0.29, 0.717) is 30.7 Å². The molecule has 2 aliphatic rings. The van der Waals surface area contributed by atoms with Crippen molar-refractivity contribution in [3.8, 4) is 0 Å². The molecule has 2 heterocycles. The molecule has 0 spiro atoms. The molecule has 0 atom stereocenters. The molecular weight excluding hydrogens is 318 g/mol. The average molecular weight is 349 g/mol. The molecule has 6 nitrogen and oxygen atoms in total. The summed E-state index contributed by atoms with van der Waals surface area (Å²) in [6.07, 6.45) is 7.23. The fraction of sp³-hybridized carbons (Fsp3) is 0.842. The van der Waals surface area contributed by atoms with Gasteiger partial charge in [-0.3, -0.25) is 4.79 Å². The quantitative estimate of drug-likeness (QED) is 0.720. The van der Waals surface area contributed by atoms with Gasteiger partial charge >= 0.3 is 0 Å². The number of rotatable bonds is 8. The lowest BCUT2D eigenvalue weighted by atomic mass is 9.73. The van der Waals surface area contributed by atoms with E-state index in [9.17, 15) is 4.79 Å². The summed E-state index contributed by atoms with van der Waals surface area (Å²) in [4.78, 5) is 19.1. The second-order valence-electron chi connectivity index (χ2n) is 8.19. The van der Waals surface area contributed by atoms with Crippen molar-refractivity contribution in [3.05, 3.63) is 11.7 Å². The summed E-state index contributed by atoms with van der Waals surface area (Å²) >= 11 is 0. The maximum atomic E-state index is 12.4. The van der Waals surface area contributed by atoms with Crippen molar-refractivity contribution >= 4 is 5.91 Å². The van der Waals surface area contributed by atoms with Crippen molar-refractivity contribution in [2.75, 3.05) is 20.2 Å². The van der Waals surface area contributed by atoms with Gasteiger partial charge < -0.3 is 14.2 Å². The molecular formula is C19H31N3O3. The minimum atomic E-state index is -0.0362. The van der Waals surface area contributed by atoms with E-state index in [4.69, 9.17) is 9.26 Å². The van der Waals surface area contributed by atoms with Crippen molar-refractivity contribution in [2.45, 2.75) is 70.8 Å². The lowest BCUT2D eigenvalue weighted by Crippen LogP contribution is -2.46. The monoisotopic (exact) mass is 349 g/mol. The average Bonchev–Trinajstić information content (AvgIpc) is 3.27. The molecule has 140 valence electrons. The molecule has 3 rings (SSSR count). The molecule has 1 aromatic rings. The van der Waals surface area contributed by atoms with Crippen LogP contribution in [0.4, 0.5) is 0 Å². The summed E-state index contributed by atoms with van der Waals surface area (Å²) in [6.45, 7) is 6.29. The third-order valence-electron chi connectivity index (χ3n) is 5.60. The molecule has 1 amide bonds. The Bertz CT molecular complexity index is 572. The van der Waals surface area contributed by atoms with Gasteiger partial charge in [-0.15, -0.1) is 0 Å². The standard InChI is InChI=1S/C19H31N3O3/c1-14(2)4-7-17(23)22-10-8-19(9-11-22,12-15-5-6-15)18-20-16(13-24-3)25-21-18/h14-15H,4-13H2,1-3H3. The summed E-state index contributed by atoms with van der Waals surface area (Å²) < 4.78 is 10.5. The molecule has 0 unspecified atom stereocenters. The van der Waals surface area contributed by atoms with Crippen LogP contribution in [0, 0.1) is 11.8 Å². The smallest absolute Gasteiger partial charge is 0.252 e. The van der Waals surface area contributed by atoms with Crippen LogP contribution < -0.4 is 0 Å². The van der Waals surface area contributed by atoms with Crippen LogP contribution in [0.25, 0.3) is 0 Å². The molecule has 6 heteroatoms. The number of aromatic nitrogens is 2. The second-order valence-corrected chi connectivity index (χ2v) is 8.19. The minimum absolute atomic E-state index is 0.0362. The molecule has 1 saturated carbocycles. The summed E-state index contributed by atoms with van der Waals surface area (Å²) in [6, 6.07) is 0. The number of hydrogen-bond donors (Lipinski definition) is 0. The van der Waals surface area contributed by atoms with Crippen LogP contribution >= 0.6 is 0 Å². The van der Waals surface area contributed by atoms with E-state index in [2.05, 4.69) is 24.0 Å². The summed E-state index contributed by atoms with van der Waals surface area (Å²) in [5, 5.41) is 4.27.